The van der Waals surface area contributed by atoms with Crippen LogP contribution in [0, 0.1) is 5.82 Å². The molecule has 5 nitrogen and oxygen atoms in total. The van der Waals surface area contributed by atoms with Gasteiger partial charge >= 0.3 is 0 Å². The fourth-order valence-corrected chi connectivity index (χ4v) is 2.11. The van der Waals surface area contributed by atoms with Gasteiger partial charge in [0.05, 0.1) is 33.3 Å². The molecule has 6 heteroatoms. The van der Waals surface area contributed by atoms with Crippen molar-refractivity contribution in [2.75, 3.05) is 21.3 Å². The van der Waals surface area contributed by atoms with Crippen molar-refractivity contribution in [2.24, 2.45) is 10.2 Å². The van der Waals surface area contributed by atoms with Crippen LogP contribution in [0.25, 0.3) is 0 Å². The van der Waals surface area contributed by atoms with Crippen LogP contribution in [0.5, 0.6) is 17.2 Å². The van der Waals surface area contributed by atoms with Crippen LogP contribution in [-0.4, -0.2) is 33.3 Å². The Bertz CT molecular complexity index is 730. The molecule has 0 aliphatic heterocycles. The van der Waals surface area contributed by atoms with Crippen LogP contribution in [0.4, 0.5) is 4.39 Å². The Kier molecular flexibility index (Phi) is 5.89. The average molecular weight is 330 g/mol. The summed E-state index contributed by atoms with van der Waals surface area (Å²) in [6.45, 7) is 1.81. The van der Waals surface area contributed by atoms with Gasteiger partial charge in [0, 0.05) is 5.56 Å². The third-order valence-electron chi connectivity index (χ3n) is 3.36. The summed E-state index contributed by atoms with van der Waals surface area (Å²) in [5.74, 6) is 1.31. The Balaban J connectivity index is 2.25. The van der Waals surface area contributed by atoms with Crippen LogP contribution in [0.15, 0.2) is 46.6 Å². The zero-order valence-corrected chi connectivity index (χ0v) is 14.0. The first-order chi connectivity index (χ1) is 11.6. The number of benzene rings is 2. The van der Waals surface area contributed by atoms with Gasteiger partial charge in [-0.15, -0.1) is 0 Å². The zero-order chi connectivity index (χ0) is 17.5. The van der Waals surface area contributed by atoms with E-state index in [4.69, 9.17) is 14.2 Å². The minimum Gasteiger partial charge on any atom is -0.493 e. The quantitative estimate of drug-likeness (QED) is 0.599. The second kappa shape index (κ2) is 8.10. The highest BCUT2D eigenvalue weighted by Gasteiger charge is 2.12. The second-order valence-corrected chi connectivity index (χ2v) is 4.90. The van der Waals surface area contributed by atoms with Crippen LogP contribution >= 0.6 is 0 Å². The van der Waals surface area contributed by atoms with E-state index in [1.54, 1.807) is 58.7 Å². The molecular formula is C18H19FN2O3. The normalized spacial score (nSPS) is 11.6. The van der Waals surface area contributed by atoms with Crippen LogP contribution in [-0.2, 0) is 0 Å². The number of nitrogens with zero attached hydrogens (tertiary/aromatic N) is 2. The van der Waals surface area contributed by atoms with E-state index in [9.17, 15) is 4.39 Å². The molecule has 2 aromatic rings. The van der Waals surface area contributed by atoms with Crippen molar-refractivity contribution in [3.63, 3.8) is 0 Å². The van der Waals surface area contributed by atoms with E-state index in [0.717, 1.165) is 11.1 Å². The van der Waals surface area contributed by atoms with E-state index in [1.807, 2.05) is 0 Å². The Labute approximate surface area is 140 Å². The van der Waals surface area contributed by atoms with Crippen LogP contribution in [0.3, 0.4) is 0 Å². The van der Waals surface area contributed by atoms with E-state index in [1.165, 1.54) is 12.1 Å². The first-order valence-corrected chi connectivity index (χ1v) is 7.22. The Hall–Kier alpha value is -2.89. The Morgan fingerprint density at radius 2 is 1.54 bits per heavy atom. The number of ether oxygens (including phenoxy) is 3. The Morgan fingerprint density at radius 1 is 0.958 bits per heavy atom. The molecule has 24 heavy (non-hydrogen) atoms. The molecule has 0 saturated heterocycles. The molecule has 0 unspecified atom stereocenters. The van der Waals surface area contributed by atoms with Gasteiger partial charge in [0.2, 0.25) is 5.75 Å². The zero-order valence-electron chi connectivity index (χ0n) is 14.0. The van der Waals surface area contributed by atoms with E-state index < -0.39 is 0 Å². The van der Waals surface area contributed by atoms with Gasteiger partial charge in [-0.2, -0.15) is 10.2 Å². The van der Waals surface area contributed by atoms with E-state index in [-0.39, 0.29) is 5.82 Å². The summed E-state index contributed by atoms with van der Waals surface area (Å²) in [7, 11) is 4.65. The topological polar surface area (TPSA) is 52.4 Å². The second-order valence-electron chi connectivity index (χ2n) is 4.90. The summed E-state index contributed by atoms with van der Waals surface area (Å²) < 4.78 is 28.8. The lowest BCUT2D eigenvalue weighted by molar-refractivity contribution is 0.324. The third-order valence-corrected chi connectivity index (χ3v) is 3.36. The molecule has 0 radical (unpaired) electrons. The largest absolute Gasteiger partial charge is 0.493 e. The fraction of sp³-hybridized carbons (Fsp3) is 0.222. The van der Waals surface area contributed by atoms with E-state index in [2.05, 4.69) is 10.2 Å². The summed E-state index contributed by atoms with van der Waals surface area (Å²) in [5, 5.41) is 8.19. The summed E-state index contributed by atoms with van der Waals surface area (Å²) >= 11 is 0. The fourth-order valence-electron chi connectivity index (χ4n) is 2.11. The smallest absolute Gasteiger partial charge is 0.203 e. The number of methoxy groups -OCH3 is 3. The monoisotopic (exact) mass is 330 g/mol. The molecule has 0 aromatic heterocycles. The van der Waals surface area contributed by atoms with E-state index >= 15 is 0 Å². The van der Waals surface area contributed by atoms with Crippen molar-refractivity contribution in [3.8, 4) is 17.2 Å². The van der Waals surface area contributed by atoms with Gasteiger partial charge in [-0.1, -0.05) is 12.1 Å². The molecule has 0 heterocycles. The molecule has 2 aromatic carbocycles. The van der Waals surface area contributed by atoms with Gasteiger partial charge in [-0.3, -0.25) is 0 Å². The molecule has 0 N–H and O–H groups in total. The maximum Gasteiger partial charge on any atom is 0.203 e. The number of hydrogen-bond donors (Lipinski definition) is 0. The number of halogens is 1. The van der Waals surface area contributed by atoms with Gasteiger partial charge < -0.3 is 14.2 Å². The van der Waals surface area contributed by atoms with Crippen molar-refractivity contribution in [3.05, 3.63) is 53.3 Å². The summed E-state index contributed by atoms with van der Waals surface area (Å²) in [4.78, 5) is 0. The number of rotatable bonds is 6. The van der Waals surface area contributed by atoms with E-state index in [0.29, 0.717) is 23.0 Å². The molecule has 0 aliphatic rings. The highest BCUT2D eigenvalue weighted by atomic mass is 19.1. The van der Waals surface area contributed by atoms with Crippen LogP contribution < -0.4 is 14.2 Å². The van der Waals surface area contributed by atoms with Crippen LogP contribution in [0.1, 0.15) is 18.1 Å². The highest BCUT2D eigenvalue weighted by molar-refractivity contribution is 5.99. The molecule has 0 aliphatic carbocycles. The van der Waals surface area contributed by atoms with Crippen molar-refractivity contribution in [1.29, 1.82) is 0 Å². The molecule has 0 fully saturated rings. The molecular weight excluding hydrogens is 311 g/mol. The molecule has 0 saturated carbocycles. The maximum atomic E-state index is 12.9. The minimum atomic E-state index is -0.285. The standard InChI is InChI=1S/C18H19FN2O3/c1-12(14-5-7-15(19)8-6-14)21-20-11-13-9-16(22-2)18(24-4)17(10-13)23-3/h5-11H,1-4H3/b20-11+,21-12-. The average Bonchev–Trinajstić information content (AvgIpc) is 2.61. The van der Waals surface area contributed by atoms with Gasteiger partial charge in [0.1, 0.15) is 5.82 Å². The summed E-state index contributed by atoms with van der Waals surface area (Å²) in [6, 6.07) is 9.63. The minimum absolute atomic E-state index is 0.285. The molecule has 0 bridgehead atoms. The first-order valence-electron chi connectivity index (χ1n) is 7.22. The Morgan fingerprint density at radius 3 is 2.04 bits per heavy atom. The lowest BCUT2D eigenvalue weighted by Crippen LogP contribution is -1.97. The van der Waals surface area contributed by atoms with Crippen molar-refractivity contribution < 1.29 is 18.6 Å². The lowest BCUT2D eigenvalue weighted by atomic mass is 10.1. The maximum absolute atomic E-state index is 12.9. The predicted octanol–water partition coefficient (Wildman–Crippen LogP) is 3.69. The summed E-state index contributed by atoms with van der Waals surface area (Å²) in [6.07, 6.45) is 1.58. The summed E-state index contributed by atoms with van der Waals surface area (Å²) in [5.41, 5.74) is 2.23. The van der Waals surface area contributed by atoms with Crippen molar-refractivity contribution in [2.45, 2.75) is 6.92 Å². The van der Waals surface area contributed by atoms with Gasteiger partial charge in [0.15, 0.2) is 11.5 Å². The molecule has 0 amide bonds. The van der Waals surface area contributed by atoms with Gasteiger partial charge in [-0.05, 0) is 36.8 Å². The molecule has 0 atom stereocenters. The predicted molar refractivity (Wildman–Crippen MR) is 92.3 cm³/mol. The molecule has 2 rings (SSSR count). The first kappa shape index (κ1) is 17.5. The number of hydrogen-bond acceptors (Lipinski definition) is 5. The van der Waals surface area contributed by atoms with Gasteiger partial charge in [0.25, 0.3) is 0 Å². The van der Waals surface area contributed by atoms with Crippen molar-refractivity contribution in [1.82, 2.24) is 0 Å². The third kappa shape index (κ3) is 4.10. The van der Waals surface area contributed by atoms with Crippen LogP contribution in [0.2, 0.25) is 0 Å². The SMILES string of the molecule is COc1cc(/C=N/N=C(/C)c2ccc(F)cc2)cc(OC)c1OC. The molecule has 126 valence electrons. The van der Waals surface area contributed by atoms with Crippen molar-refractivity contribution >= 4 is 11.9 Å². The lowest BCUT2D eigenvalue weighted by Gasteiger charge is -2.12. The highest BCUT2D eigenvalue weighted by Crippen LogP contribution is 2.37. The van der Waals surface area contributed by atoms with Gasteiger partial charge in [-0.25, -0.2) is 4.39 Å². The molecule has 0 spiro atoms.